The highest BCUT2D eigenvalue weighted by atomic mass is 19.1. The molecule has 1 saturated heterocycles. The largest absolute Gasteiger partial charge is 0.497 e. The fourth-order valence-electron chi connectivity index (χ4n) is 3.34. The highest BCUT2D eigenvalue weighted by Gasteiger charge is 2.36. The van der Waals surface area contributed by atoms with Gasteiger partial charge in [-0.1, -0.05) is 36.1 Å². The van der Waals surface area contributed by atoms with Crippen LogP contribution in [0.3, 0.4) is 0 Å². The maximum Gasteiger partial charge on any atom is 0.408 e. The predicted molar refractivity (Wildman–Crippen MR) is 107 cm³/mol. The molecular weight excluding hydrogens is 388 g/mol. The van der Waals surface area contributed by atoms with Crippen molar-refractivity contribution in [2.24, 2.45) is 0 Å². The molecule has 3 aromatic rings. The maximum absolute atomic E-state index is 13.3. The van der Waals surface area contributed by atoms with Gasteiger partial charge in [-0.2, -0.15) is 0 Å². The second kappa shape index (κ2) is 8.26. The number of carbonyl (C=O) groups excluding carboxylic acids is 1. The van der Waals surface area contributed by atoms with E-state index in [1.54, 1.807) is 19.2 Å². The number of benzene rings is 3. The van der Waals surface area contributed by atoms with E-state index in [1.807, 2.05) is 36.4 Å². The number of methoxy groups -OCH3 is 1. The van der Waals surface area contributed by atoms with E-state index in [1.165, 1.54) is 12.1 Å². The van der Waals surface area contributed by atoms with Gasteiger partial charge in [-0.05, 0) is 47.5 Å². The van der Waals surface area contributed by atoms with Crippen molar-refractivity contribution in [3.05, 3.63) is 101 Å². The third kappa shape index (κ3) is 4.26. The summed E-state index contributed by atoms with van der Waals surface area (Å²) in [6, 6.07) is 17.3. The Hall–Kier alpha value is -3.85. The summed E-state index contributed by atoms with van der Waals surface area (Å²) in [6.45, 7) is 0. The number of hydrogen-bond acceptors (Lipinski definition) is 3. The molecule has 1 amide bonds. The predicted octanol–water partition coefficient (Wildman–Crippen LogP) is 4.90. The summed E-state index contributed by atoms with van der Waals surface area (Å²) in [6.07, 6.45) is -1.05. The van der Waals surface area contributed by atoms with E-state index in [4.69, 9.17) is 9.47 Å². The average molecular weight is 405 g/mol. The second-order valence-electron chi connectivity index (χ2n) is 6.76. The second-order valence-corrected chi connectivity index (χ2v) is 6.76. The first-order valence-corrected chi connectivity index (χ1v) is 9.21. The first kappa shape index (κ1) is 19.5. The number of alkyl carbamates (subject to hydrolysis) is 1. The van der Waals surface area contributed by atoms with Crippen molar-refractivity contribution in [1.29, 1.82) is 0 Å². The SMILES string of the molecule is COc1cccc([C@H]2OC(=O)N[C@@H]2c2cccc(C#Cc3cc(F)cc(F)c3)c2)c1. The minimum Gasteiger partial charge on any atom is -0.497 e. The number of amides is 1. The molecule has 2 atom stereocenters. The van der Waals surface area contributed by atoms with Gasteiger partial charge in [-0.15, -0.1) is 0 Å². The Morgan fingerprint density at radius 2 is 1.60 bits per heavy atom. The van der Waals surface area contributed by atoms with E-state index >= 15 is 0 Å². The first-order chi connectivity index (χ1) is 14.5. The van der Waals surface area contributed by atoms with E-state index in [0.717, 1.165) is 17.2 Å². The van der Waals surface area contributed by atoms with Crippen molar-refractivity contribution in [2.45, 2.75) is 12.1 Å². The summed E-state index contributed by atoms with van der Waals surface area (Å²) >= 11 is 0. The summed E-state index contributed by atoms with van der Waals surface area (Å²) < 4.78 is 37.4. The molecule has 6 heteroatoms. The molecular formula is C24H17F2NO3. The van der Waals surface area contributed by atoms with Crippen molar-refractivity contribution < 1.29 is 23.0 Å². The highest BCUT2D eigenvalue weighted by molar-refractivity contribution is 5.71. The van der Waals surface area contributed by atoms with Crippen LogP contribution in [0.2, 0.25) is 0 Å². The van der Waals surface area contributed by atoms with Crippen LogP contribution in [0.1, 0.15) is 34.4 Å². The Morgan fingerprint density at radius 1 is 0.900 bits per heavy atom. The molecule has 0 spiro atoms. The molecule has 4 rings (SSSR count). The Labute approximate surface area is 172 Å². The molecule has 0 bridgehead atoms. The molecule has 0 saturated carbocycles. The van der Waals surface area contributed by atoms with Crippen LogP contribution < -0.4 is 10.1 Å². The van der Waals surface area contributed by atoms with Gasteiger partial charge in [-0.3, -0.25) is 0 Å². The normalized spacial score (nSPS) is 17.5. The zero-order valence-corrected chi connectivity index (χ0v) is 16.0. The van der Waals surface area contributed by atoms with Crippen LogP contribution >= 0.6 is 0 Å². The van der Waals surface area contributed by atoms with E-state index in [9.17, 15) is 13.6 Å². The van der Waals surface area contributed by atoms with Crippen molar-refractivity contribution >= 4 is 6.09 Å². The van der Waals surface area contributed by atoms with Gasteiger partial charge in [-0.25, -0.2) is 13.6 Å². The van der Waals surface area contributed by atoms with Crippen molar-refractivity contribution in [1.82, 2.24) is 5.32 Å². The molecule has 4 nitrogen and oxygen atoms in total. The zero-order valence-electron chi connectivity index (χ0n) is 16.0. The van der Waals surface area contributed by atoms with Crippen molar-refractivity contribution in [3.63, 3.8) is 0 Å². The monoisotopic (exact) mass is 405 g/mol. The summed E-state index contributed by atoms with van der Waals surface area (Å²) in [7, 11) is 1.57. The molecule has 0 unspecified atom stereocenters. The molecule has 1 aliphatic rings. The highest BCUT2D eigenvalue weighted by Crippen LogP contribution is 2.37. The van der Waals surface area contributed by atoms with Gasteiger partial charge in [0.05, 0.1) is 13.2 Å². The summed E-state index contributed by atoms with van der Waals surface area (Å²) in [5, 5.41) is 2.82. The van der Waals surface area contributed by atoms with Crippen LogP contribution in [-0.2, 0) is 4.74 Å². The summed E-state index contributed by atoms with van der Waals surface area (Å²) in [5.41, 5.74) is 2.47. The molecule has 150 valence electrons. The van der Waals surface area contributed by atoms with Gasteiger partial charge in [0.25, 0.3) is 0 Å². The summed E-state index contributed by atoms with van der Waals surface area (Å²) in [4.78, 5) is 12.0. The van der Waals surface area contributed by atoms with Crippen LogP contribution in [0.25, 0.3) is 0 Å². The Morgan fingerprint density at radius 3 is 2.37 bits per heavy atom. The third-order valence-electron chi connectivity index (χ3n) is 4.69. The number of hydrogen-bond donors (Lipinski definition) is 1. The zero-order chi connectivity index (χ0) is 21.1. The van der Waals surface area contributed by atoms with Gasteiger partial charge < -0.3 is 14.8 Å². The van der Waals surface area contributed by atoms with Crippen molar-refractivity contribution in [2.75, 3.05) is 7.11 Å². The van der Waals surface area contributed by atoms with Crippen molar-refractivity contribution in [3.8, 4) is 17.6 Å². The van der Waals surface area contributed by atoms with E-state index < -0.39 is 29.9 Å². The lowest BCUT2D eigenvalue weighted by Gasteiger charge is -2.18. The van der Waals surface area contributed by atoms with Gasteiger partial charge in [0, 0.05) is 17.2 Å². The number of ether oxygens (including phenoxy) is 2. The Kier molecular flexibility index (Phi) is 5.36. The molecule has 1 aliphatic heterocycles. The number of cyclic esters (lactones) is 1. The molecule has 30 heavy (non-hydrogen) atoms. The lowest BCUT2D eigenvalue weighted by atomic mass is 9.95. The third-order valence-corrected chi connectivity index (χ3v) is 4.69. The molecule has 0 aromatic heterocycles. The molecule has 1 fully saturated rings. The number of halogens is 2. The number of nitrogens with one attached hydrogen (secondary N) is 1. The molecule has 0 aliphatic carbocycles. The van der Waals surface area contributed by atoms with Crippen LogP contribution in [0.5, 0.6) is 5.75 Å². The van der Waals surface area contributed by atoms with Crippen LogP contribution in [0.4, 0.5) is 13.6 Å². The standard InChI is InChI=1S/C24H17F2NO3/c1-29-21-7-3-6-18(13-21)23-22(27-24(28)30-23)17-5-2-4-15(10-17)8-9-16-11-19(25)14-20(26)12-16/h2-7,10-14,22-23H,1H3,(H,27,28)/t22-,23-/m1/s1. The van der Waals surface area contributed by atoms with Gasteiger partial charge in [0.1, 0.15) is 17.4 Å². The lowest BCUT2D eigenvalue weighted by molar-refractivity contribution is 0.132. The molecule has 1 N–H and O–H groups in total. The van der Waals surface area contributed by atoms with Crippen LogP contribution in [0.15, 0.2) is 66.7 Å². The number of carbonyl (C=O) groups is 1. The smallest absolute Gasteiger partial charge is 0.408 e. The van der Waals surface area contributed by atoms with E-state index in [-0.39, 0.29) is 5.56 Å². The maximum atomic E-state index is 13.3. The quantitative estimate of drug-likeness (QED) is 0.631. The minimum absolute atomic E-state index is 0.240. The van der Waals surface area contributed by atoms with Crippen LogP contribution in [0, 0.1) is 23.5 Å². The number of rotatable bonds is 3. The minimum atomic E-state index is -0.681. The topological polar surface area (TPSA) is 47.6 Å². The van der Waals surface area contributed by atoms with Crippen LogP contribution in [-0.4, -0.2) is 13.2 Å². The van der Waals surface area contributed by atoms with Gasteiger partial charge in [0.15, 0.2) is 6.10 Å². The Bertz CT molecular complexity index is 1150. The lowest BCUT2D eigenvalue weighted by Crippen LogP contribution is -2.19. The molecule has 3 aromatic carbocycles. The van der Waals surface area contributed by atoms with Gasteiger partial charge >= 0.3 is 6.09 Å². The van der Waals surface area contributed by atoms with E-state index in [0.29, 0.717) is 11.3 Å². The van der Waals surface area contributed by atoms with Gasteiger partial charge in [0.2, 0.25) is 0 Å². The molecule has 0 radical (unpaired) electrons. The summed E-state index contributed by atoms with van der Waals surface area (Å²) in [5.74, 6) is 4.97. The fourth-order valence-corrected chi connectivity index (χ4v) is 3.34. The van der Waals surface area contributed by atoms with E-state index in [2.05, 4.69) is 17.2 Å². The average Bonchev–Trinajstić information content (AvgIpc) is 3.14. The first-order valence-electron chi connectivity index (χ1n) is 9.21. The Balaban J connectivity index is 1.64. The molecule has 1 heterocycles. The fraction of sp³-hybridized carbons (Fsp3) is 0.125.